The Kier molecular flexibility index (Phi) is 3.64. The van der Waals surface area contributed by atoms with E-state index in [0.29, 0.717) is 12.3 Å². The smallest absolute Gasteiger partial charge is 0.269 e. The predicted molar refractivity (Wildman–Crippen MR) is 61.4 cm³/mol. The normalized spacial score (nSPS) is 11.3. The van der Waals surface area contributed by atoms with Crippen molar-refractivity contribution in [2.24, 2.45) is 0 Å². The first-order chi connectivity index (χ1) is 7.03. The van der Waals surface area contributed by atoms with Crippen molar-refractivity contribution in [1.82, 2.24) is 0 Å². The van der Waals surface area contributed by atoms with Gasteiger partial charge in [0, 0.05) is 29.8 Å². The van der Waals surface area contributed by atoms with E-state index in [-0.39, 0.29) is 5.69 Å². The molecule has 0 bridgehead atoms. The Bertz CT molecular complexity index is 392. The Hall–Kier alpha value is -1.15. The molecule has 0 heterocycles. The molecule has 1 aromatic carbocycles. The van der Waals surface area contributed by atoms with E-state index < -0.39 is 12.1 Å². The standard InChI is InChI=1S/C10H14NO3P/c1-3-15(14,4-2)10-7-5-9(6-8-10)11(12)13/h5-8H,3-4H2,1-2H3. The number of rotatable bonds is 4. The molecular formula is C10H14NO3P. The van der Waals surface area contributed by atoms with E-state index >= 15 is 0 Å². The molecule has 0 aliphatic heterocycles. The van der Waals surface area contributed by atoms with Crippen molar-refractivity contribution in [3.05, 3.63) is 34.4 Å². The molecule has 1 rings (SSSR count). The summed E-state index contributed by atoms with van der Waals surface area (Å²) in [4.78, 5) is 9.99. The predicted octanol–water partition coefficient (Wildman–Crippen LogP) is 2.62. The minimum absolute atomic E-state index is 0.0394. The van der Waals surface area contributed by atoms with Gasteiger partial charge in [0.1, 0.15) is 7.14 Å². The van der Waals surface area contributed by atoms with Crippen molar-refractivity contribution in [1.29, 1.82) is 0 Å². The fourth-order valence-corrected chi connectivity index (χ4v) is 3.30. The van der Waals surface area contributed by atoms with Crippen molar-refractivity contribution in [3.63, 3.8) is 0 Å². The van der Waals surface area contributed by atoms with Gasteiger partial charge in [-0.2, -0.15) is 0 Å². The summed E-state index contributed by atoms with van der Waals surface area (Å²) in [5, 5.41) is 11.2. The first-order valence-electron chi connectivity index (χ1n) is 4.86. The van der Waals surface area contributed by atoms with E-state index in [4.69, 9.17) is 0 Å². The molecule has 4 nitrogen and oxygen atoms in total. The maximum absolute atomic E-state index is 12.3. The Morgan fingerprint density at radius 1 is 1.20 bits per heavy atom. The minimum atomic E-state index is -2.31. The summed E-state index contributed by atoms with van der Waals surface area (Å²) < 4.78 is 12.3. The van der Waals surface area contributed by atoms with E-state index in [9.17, 15) is 14.7 Å². The largest absolute Gasteiger partial charge is 0.319 e. The SMILES string of the molecule is CCP(=O)(CC)c1ccc([N+](=O)[O-])cc1. The quantitative estimate of drug-likeness (QED) is 0.451. The first kappa shape index (κ1) is 11.9. The summed E-state index contributed by atoms with van der Waals surface area (Å²) in [7, 11) is -2.31. The van der Waals surface area contributed by atoms with Gasteiger partial charge in [-0.25, -0.2) is 0 Å². The molecule has 0 fully saturated rings. The molecule has 0 aliphatic rings. The highest BCUT2D eigenvalue weighted by Crippen LogP contribution is 2.43. The molecule has 0 N–H and O–H groups in total. The molecule has 0 atom stereocenters. The van der Waals surface area contributed by atoms with E-state index in [0.717, 1.165) is 5.30 Å². The van der Waals surface area contributed by atoms with E-state index in [1.807, 2.05) is 13.8 Å². The average molecular weight is 227 g/mol. The van der Waals surface area contributed by atoms with Crippen molar-refractivity contribution in [3.8, 4) is 0 Å². The molecular weight excluding hydrogens is 213 g/mol. The fourth-order valence-electron chi connectivity index (χ4n) is 1.43. The fraction of sp³-hybridized carbons (Fsp3) is 0.400. The van der Waals surface area contributed by atoms with Gasteiger partial charge in [0.25, 0.3) is 5.69 Å². The van der Waals surface area contributed by atoms with E-state index in [1.54, 1.807) is 12.1 Å². The van der Waals surface area contributed by atoms with Gasteiger partial charge in [-0.1, -0.05) is 13.8 Å². The zero-order valence-corrected chi connectivity index (χ0v) is 9.74. The topological polar surface area (TPSA) is 60.2 Å². The van der Waals surface area contributed by atoms with Gasteiger partial charge in [-0.15, -0.1) is 0 Å². The highest BCUT2D eigenvalue weighted by molar-refractivity contribution is 7.71. The Morgan fingerprint density at radius 2 is 1.67 bits per heavy atom. The second kappa shape index (κ2) is 4.58. The van der Waals surface area contributed by atoms with Crippen LogP contribution >= 0.6 is 7.14 Å². The van der Waals surface area contributed by atoms with Crippen LogP contribution in [-0.2, 0) is 4.57 Å². The van der Waals surface area contributed by atoms with Gasteiger partial charge in [0.2, 0.25) is 0 Å². The highest BCUT2D eigenvalue weighted by atomic mass is 31.2. The molecule has 0 unspecified atom stereocenters. The van der Waals surface area contributed by atoms with Gasteiger partial charge >= 0.3 is 0 Å². The van der Waals surface area contributed by atoms with Crippen LogP contribution in [0.3, 0.4) is 0 Å². The first-order valence-corrected chi connectivity index (χ1v) is 6.94. The molecule has 82 valence electrons. The number of non-ortho nitro benzene ring substituents is 1. The molecule has 0 spiro atoms. The Labute approximate surface area is 88.8 Å². The summed E-state index contributed by atoms with van der Waals surface area (Å²) in [5.74, 6) is 0. The van der Waals surface area contributed by atoms with Crippen LogP contribution in [0.1, 0.15) is 13.8 Å². The third-order valence-electron chi connectivity index (χ3n) is 2.55. The van der Waals surface area contributed by atoms with Gasteiger partial charge in [0.05, 0.1) is 4.92 Å². The van der Waals surface area contributed by atoms with Crippen molar-refractivity contribution < 1.29 is 9.49 Å². The molecule has 0 aliphatic carbocycles. The van der Waals surface area contributed by atoms with Crippen molar-refractivity contribution in [2.75, 3.05) is 12.3 Å². The lowest BCUT2D eigenvalue weighted by molar-refractivity contribution is -0.384. The second-order valence-electron chi connectivity index (χ2n) is 3.30. The lowest BCUT2D eigenvalue weighted by Gasteiger charge is -2.13. The monoisotopic (exact) mass is 227 g/mol. The summed E-state index contributed by atoms with van der Waals surface area (Å²) in [6, 6.07) is 6.03. The number of hydrogen-bond acceptors (Lipinski definition) is 3. The summed E-state index contributed by atoms with van der Waals surface area (Å²) in [6.45, 7) is 3.76. The summed E-state index contributed by atoms with van der Waals surface area (Å²) >= 11 is 0. The third kappa shape index (κ3) is 2.45. The highest BCUT2D eigenvalue weighted by Gasteiger charge is 2.20. The summed E-state index contributed by atoms with van der Waals surface area (Å²) in [5.41, 5.74) is 0.0394. The zero-order chi connectivity index (χ0) is 11.5. The zero-order valence-electron chi connectivity index (χ0n) is 8.84. The molecule has 5 heteroatoms. The second-order valence-corrected chi connectivity index (χ2v) is 6.86. The molecule has 0 saturated heterocycles. The average Bonchev–Trinajstić information content (AvgIpc) is 2.28. The number of hydrogen-bond donors (Lipinski definition) is 0. The van der Waals surface area contributed by atoms with Gasteiger partial charge in [-0.3, -0.25) is 10.1 Å². The Balaban J connectivity index is 3.08. The van der Waals surface area contributed by atoms with Crippen LogP contribution in [0.15, 0.2) is 24.3 Å². The van der Waals surface area contributed by atoms with Crippen LogP contribution in [0, 0.1) is 10.1 Å². The van der Waals surface area contributed by atoms with Gasteiger partial charge in [-0.05, 0) is 12.1 Å². The van der Waals surface area contributed by atoms with Crippen LogP contribution < -0.4 is 5.30 Å². The summed E-state index contributed by atoms with van der Waals surface area (Å²) in [6.07, 6.45) is 1.20. The molecule has 0 aromatic heterocycles. The van der Waals surface area contributed by atoms with Crippen LogP contribution in [-0.4, -0.2) is 17.2 Å². The maximum Gasteiger partial charge on any atom is 0.269 e. The van der Waals surface area contributed by atoms with E-state index in [1.165, 1.54) is 12.1 Å². The van der Waals surface area contributed by atoms with Crippen LogP contribution in [0.4, 0.5) is 5.69 Å². The lowest BCUT2D eigenvalue weighted by Crippen LogP contribution is -2.08. The van der Waals surface area contributed by atoms with Crippen LogP contribution in [0.25, 0.3) is 0 Å². The Morgan fingerprint density at radius 3 is 2.00 bits per heavy atom. The third-order valence-corrected chi connectivity index (χ3v) is 5.84. The maximum atomic E-state index is 12.3. The number of nitro benzene ring substituents is 1. The van der Waals surface area contributed by atoms with Crippen molar-refractivity contribution >= 4 is 18.1 Å². The lowest BCUT2D eigenvalue weighted by atomic mass is 10.3. The molecule has 15 heavy (non-hydrogen) atoms. The van der Waals surface area contributed by atoms with Crippen molar-refractivity contribution in [2.45, 2.75) is 13.8 Å². The van der Waals surface area contributed by atoms with E-state index in [2.05, 4.69) is 0 Å². The number of nitro groups is 1. The number of nitrogens with zero attached hydrogens (tertiary/aromatic N) is 1. The molecule has 0 saturated carbocycles. The van der Waals surface area contributed by atoms with Crippen LogP contribution in [0.5, 0.6) is 0 Å². The minimum Gasteiger partial charge on any atom is -0.319 e. The van der Waals surface area contributed by atoms with Gasteiger partial charge < -0.3 is 4.57 Å². The molecule has 0 amide bonds. The van der Waals surface area contributed by atoms with Crippen LogP contribution in [0.2, 0.25) is 0 Å². The van der Waals surface area contributed by atoms with Gasteiger partial charge in [0.15, 0.2) is 0 Å². The number of benzene rings is 1. The molecule has 1 aromatic rings. The molecule has 0 radical (unpaired) electrons.